The molecule has 98 valence electrons. The minimum absolute atomic E-state index is 0.190. The van der Waals surface area contributed by atoms with Crippen LogP contribution in [-0.2, 0) is 11.2 Å². The van der Waals surface area contributed by atoms with E-state index in [2.05, 4.69) is 9.97 Å². The van der Waals surface area contributed by atoms with Gasteiger partial charge in [0.05, 0.1) is 0 Å². The Balaban J connectivity index is 2.06. The number of nitrogens with zero attached hydrogens (tertiary/aromatic N) is 2. The molecule has 0 aromatic carbocycles. The summed E-state index contributed by atoms with van der Waals surface area (Å²) < 4.78 is 0. The summed E-state index contributed by atoms with van der Waals surface area (Å²) in [7, 11) is 0. The summed E-state index contributed by atoms with van der Waals surface area (Å²) >= 11 is 0. The van der Waals surface area contributed by atoms with Crippen LogP contribution >= 0.6 is 0 Å². The molecule has 5 nitrogen and oxygen atoms in total. The highest BCUT2D eigenvalue weighted by atomic mass is 16.4. The van der Waals surface area contributed by atoms with Crippen LogP contribution in [0.15, 0.2) is 12.3 Å². The molecule has 0 amide bonds. The molecule has 1 aliphatic carbocycles. The fourth-order valence-corrected chi connectivity index (χ4v) is 2.42. The minimum atomic E-state index is -1.01. The highest BCUT2D eigenvalue weighted by molar-refractivity contribution is 5.73. The zero-order valence-electron chi connectivity index (χ0n) is 10.4. The number of nitrogens with two attached hydrogens (primary N) is 1. The summed E-state index contributed by atoms with van der Waals surface area (Å²) in [4.78, 5) is 19.3. The zero-order valence-corrected chi connectivity index (χ0v) is 10.4. The van der Waals surface area contributed by atoms with Crippen molar-refractivity contribution in [3.63, 3.8) is 0 Å². The van der Waals surface area contributed by atoms with Crippen LogP contribution in [0.4, 0.5) is 0 Å². The van der Waals surface area contributed by atoms with E-state index in [1.807, 2.05) is 6.07 Å². The third-order valence-electron chi connectivity index (χ3n) is 3.47. The van der Waals surface area contributed by atoms with Gasteiger partial charge in [0.1, 0.15) is 11.9 Å². The molecule has 0 saturated heterocycles. The van der Waals surface area contributed by atoms with Gasteiger partial charge in [-0.3, -0.25) is 4.79 Å². The van der Waals surface area contributed by atoms with Crippen molar-refractivity contribution in [3.8, 4) is 0 Å². The normalized spacial score (nSPS) is 18.5. The number of rotatable bonds is 4. The van der Waals surface area contributed by atoms with E-state index in [0.717, 1.165) is 5.69 Å². The van der Waals surface area contributed by atoms with Crippen molar-refractivity contribution in [1.82, 2.24) is 9.97 Å². The molecule has 1 aromatic heterocycles. The second kappa shape index (κ2) is 5.91. The lowest BCUT2D eigenvalue weighted by Gasteiger charge is -2.21. The van der Waals surface area contributed by atoms with Crippen molar-refractivity contribution < 1.29 is 9.90 Å². The lowest BCUT2D eigenvalue weighted by Crippen LogP contribution is -2.33. The van der Waals surface area contributed by atoms with E-state index < -0.39 is 12.0 Å². The molecule has 0 aliphatic heterocycles. The second-order valence-electron chi connectivity index (χ2n) is 4.88. The number of carbonyl (C=O) groups is 1. The Morgan fingerprint density at radius 1 is 1.44 bits per heavy atom. The van der Waals surface area contributed by atoms with Gasteiger partial charge in [0.15, 0.2) is 0 Å². The Morgan fingerprint density at radius 3 is 2.83 bits per heavy atom. The molecule has 0 spiro atoms. The van der Waals surface area contributed by atoms with Crippen LogP contribution in [0.25, 0.3) is 0 Å². The smallest absolute Gasteiger partial charge is 0.320 e. The van der Waals surface area contributed by atoms with Crippen LogP contribution in [0, 0.1) is 0 Å². The van der Waals surface area contributed by atoms with Gasteiger partial charge in [0.25, 0.3) is 0 Å². The number of hydrogen-bond acceptors (Lipinski definition) is 4. The van der Waals surface area contributed by atoms with E-state index in [1.165, 1.54) is 32.1 Å². The summed E-state index contributed by atoms with van der Waals surface area (Å²) in [6, 6.07) is 1.01. The van der Waals surface area contributed by atoms with Crippen LogP contribution in [0.5, 0.6) is 0 Å². The summed E-state index contributed by atoms with van der Waals surface area (Å²) in [6.45, 7) is 0. The monoisotopic (exact) mass is 249 g/mol. The maximum absolute atomic E-state index is 10.7. The maximum Gasteiger partial charge on any atom is 0.320 e. The summed E-state index contributed by atoms with van der Waals surface area (Å²) in [5, 5.41) is 8.78. The van der Waals surface area contributed by atoms with Gasteiger partial charge in [-0.2, -0.15) is 0 Å². The molecule has 1 aliphatic rings. The summed E-state index contributed by atoms with van der Waals surface area (Å²) in [6.07, 6.45) is 8.04. The fourth-order valence-electron chi connectivity index (χ4n) is 2.42. The summed E-state index contributed by atoms with van der Waals surface area (Å²) in [5.74, 6) is 0.0243. The van der Waals surface area contributed by atoms with Crippen molar-refractivity contribution >= 4 is 5.97 Å². The molecule has 3 N–H and O–H groups in total. The molecule has 2 rings (SSSR count). The van der Waals surface area contributed by atoms with E-state index in [9.17, 15) is 4.79 Å². The van der Waals surface area contributed by atoms with Crippen molar-refractivity contribution in [2.45, 2.75) is 50.5 Å². The average molecular weight is 249 g/mol. The van der Waals surface area contributed by atoms with E-state index >= 15 is 0 Å². The zero-order chi connectivity index (χ0) is 13.0. The molecule has 5 heteroatoms. The predicted molar refractivity (Wildman–Crippen MR) is 67.2 cm³/mol. The van der Waals surface area contributed by atoms with Gasteiger partial charge in [-0.05, 0) is 18.9 Å². The number of carboxylic acid groups (broad SMARTS) is 1. The largest absolute Gasteiger partial charge is 0.480 e. The Bertz CT molecular complexity index is 416. The Hall–Kier alpha value is -1.49. The van der Waals surface area contributed by atoms with Gasteiger partial charge < -0.3 is 10.8 Å². The average Bonchev–Trinajstić information content (AvgIpc) is 2.40. The number of aliphatic carboxylic acids is 1. The van der Waals surface area contributed by atoms with Gasteiger partial charge in [0.2, 0.25) is 0 Å². The molecule has 1 saturated carbocycles. The fraction of sp³-hybridized carbons (Fsp3) is 0.615. The van der Waals surface area contributed by atoms with Crippen molar-refractivity contribution in [2.24, 2.45) is 5.73 Å². The molecule has 1 heterocycles. The van der Waals surface area contributed by atoms with Crippen LogP contribution in [0.3, 0.4) is 0 Å². The molecule has 0 bridgehead atoms. The van der Waals surface area contributed by atoms with Crippen molar-refractivity contribution in [2.75, 3.05) is 0 Å². The first-order valence-corrected chi connectivity index (χ1v) is 6.47. The second-order valence-corrected chi connectivity index (χ2v) is 4.88. The lowest BCUT2D eigenvalue weighted by atomic mass is 9.87. The van der Waals surface area contributed by atoms with Crippen LogP contribution in [-0.4, -0.2) is 27.1 Å². The highest BCUT2D eigenvalue weighted by Crippen LogP contribution is 2.31. The first-order valence-electron chi connectivity index (χ1n) is 6.47. The van der Waals surface area contributed by atoms with Gasteiger partial charge in [-0.1, -0.05) is 19.3 Å². The molecule has 0 radical (unpaired) electrons. The maximum atomic E-state index is 10.7. The first-order chi connectivity index (χ1) is 8.66. The Morgan fingerprint density at radius 2 is 2.17 bits per heavy atom. The van der Waals surface area contributed by atoms with Gasteiger partial charge in [-0.25, -0.2) is 9.97 Å². The molecule has 1 aromatic rings. The lowest BCUT2D eigenvalue weighted by molar-refractivity contribution is -0.138. The van der Waals surface area contributed by atoms with Crippen molar-refractivity contribution in [1.29, 1.82) is 0 Å². The summed E-state index contributed by atoms with van der Waals surface area (Å²) in [5.41, 5.74) is 6.54. The number of carboxylic acids is 1. The van der Waals surface area contributed by atoms with Crippen LogP contribution in [0.2, 0.25) is 0 Å². The predicted octanol–water partition coefficient (Wildman–Crippen LogP) is 1.48. The molecular weight excluding hydrogens is 230 g/mol. The van der Waals surface area contributed by atoms with Gasteiger partial charge in [-0.15, -0.1) is 0 Å². The quantitative estimate of drug-likeness (QED) is 0.843. The standard InChI is InChI=1S/C13H19N3O2/c14-10(13(17)18)8-12-15-7-6-11(16-12)9-4-2-1-3-5-9/h6-7,9-10H,1-5,8,14H2,(H,17,18). The van der Waals surface area contributed by atoms with E-state index in [4.69, 9.17) is 10.8 Å². The third kappa shape index (κ3) is 3.26. The molecule has 1 atom stereocenters. The molecule has 18 heavy (non-hydrogen) atoms. The van der Waals surface area contributed by atoms with Gasteiger partial charge >= 0.3 is 5.97 Å². The van der Waals surface area contributed by atoms with E-state index in [-0.39, 0.29) is 6.42 Å². The Kier molecular flexibility index (Phi) is 4.25. The minimum Gasteiger partial charge on any atom is -0.480 e. The molecule has 1 fully saturated rings. The highest BCUT2D eigenvalue weighted by Gasteiger charge is 2.19. The molecular formula is C13H19N3O2. The topological polar surface area (TPSA) is 89.1 Å². The van der Waals surface area contributed by atoms with Gasteiger partial charge in [0, 0.05) is 24.2 Å². The van der Waals surface area contributed by atoms with E-state index in [1.54, 1.807) is 6.20 Å². The van der Waals surface area contributed by atoms with Crippen LogP contribution in [0.1, 0.15) is 49.5 Å². The number of hydrogen-bond donors (Lipinski definition) is 2. The third-order valence-corrected chi connectivity index (χ3v) is 3.47. The molecule has 1 unspecified atom stereocenters. The van der Waals surface area contributed by atoms with Crippen molar-refractivity contribution in [3.05, 3.63) is 23.8 Å². The van der Waals surface area contributed by atoms with Crippen LogP contribution < -0.4 is 5.73 Å². The number of aromatic nitrogens is 2. The first kappa shape index (κ1) is 13.0. The SMILES string of the molecule is NC(Cc1nccc(C2CCCCC2)n1)C(=O)O. The van der Waals surface area contributed by atoms with E-state index in [0.29, 0.717) is 11.7 Å². The Labute approximate surface area is 106 Å².